The third-order valence-corrected chi connectivity index (χ3v) is 4.93. The molecule has 19 heavy (non-hydrogen) atoms. The van der Waals surface area contributed by atoms with Gasteiger partial charge in [0.25, 0.3) is 0 Å². The van der Waals surface area contributed by atoms with Crippen LogP contribution in [0.5, 0.6) is 0 Å². The van der Waals surface area contributed by atoms with Gasteiger partial charge in [-0.25, -0.2) is 0 Å². The van der Waals surface area contributed by atoms with E-state index in [2.05, 4.69) is 0 Å². The zero-order valence-corrected chi connectivity index (χ0v) is 12.8. The molecule has 1 aliphatic carbocycles. The molecule has 0 aromatic rings. The summed E-state index contributed by atoms with van der Waals surface area (Å²) >= 11 is 0. The molecule has 0 heterocycles. The average Bonchev–Trinajstić information content (AvgIpc) is 2.54. The maximum Gasteiger partial charge on any atom is 0.314 e. The van der Waals surface area contributed by atoms with Gasteiger partial charge in [-0.15, -0.1) is 0 Å². The van der Waals surface area contributed by atoms with Crippen LogP contribution in [0.25, 0.3) is 0 Å². The van der Waals surface area contributed by atoms with Crippen molar-refractivity contribution >= 4 is 5.97 Å². The number of aliphatic hydroxyl groups excluding tert-OH is 1. The molecular formula is C15H28O4. The number of rotatable bonds is 5. The van der Waals surface area contributed by atoms with Crippen molar-refractivity contribution in [2.45, 2.75) is 65.6 Å². The quantitative estimate of drug-likeness (QED) is 0.752. The van der Waals surface area contributed by atoms with Gasteiger partial charge in [0.2, 0.25) is 0 Å². The summed E-state index contributed by atoms with van der Waals surface area (Å²) in [4.78, 5) is 12.1. The third-order valence-electron chi connectivity index (χ3n) is 4.93. The van der Waals surface area contributed by atoms with Crippen molar-refractivity contribution in [1.82, 2.24) is 0 Å². The van der Waals surface area contributed by atoms with Gasteiger partial charge in [0.1, 0.15) is 0 Å². The van der Waals surface area contributed by atoms with Crippen LogP contribution in [0.3, 0.4) is 0 Å². The van der Waals surface area contributed by atoms with Crippen molar-refractivity contribution in [3.8, 4) is 0 Å². The topological polar surface area (TPSA) is 66.8 Å². The maximum atomic E-state index is 12.1. The molecule has 112 valence electrons. The molecule has 0 saturated heterocycles. The Morgan fingerprint density at radius 3 is 2.47 bits per heavy atom. The second kappa shape index (κ2) is 5.80. The minimum absolute atomic E-state index is 0.0701. The summed E-state index contributed by atoms with van der Waals surface area (Å²) in [5, 5.41) is 20.8. The third kappa shape index (κ3) is 2.95. The van der Waals surface area contributed by atoms with Crippen molar-refractivity contribution < 1.29 is 19.7 Å². The molecule has 0 bridgehead atoms. The van der Waals surface area contributed by atoms with E-state index in [0.717, 1.165) is 6.42 Å². The van der Waals surface area contributed by atoms with Crippen molar-refractivity contribution in [3.63, 3.8) is 0 Å². The van der Waals surface area contributed by atoms with E-state index in [4.69, 9.17) is 4.74 Å². The van der Waals surface area contributed by atoms with Gasteiger partial charge in [-0.2, -0.15) is 0 Å². The van der Waals surface area contributed by atoms with Gasteiger partial charge in [-0.05, 0) is 51.9 Å². The highest BCUT2D eigenvalue weighted by molar-refractivity contribution is 5.78. The minimum atomic E-state index is -1.13. The van der Waals surface area contributed by atoms with Gasteiger partial charge in [0, 0.05) is 0 Å². The molecule has 0 spiro atoms. The van der Waals surface area contributed by atoms with E-state index < -0.39 is 17.1 Å². The normalized spacial score (nSPS) is 36.5. The van der Waals surface area contributed by atoms with Gasteiger partial charge in [-0.1, -0.05) is 13.8 Å². The van der Waals surface area contributed by atoms with Crippen molar-refractivity contribution in [3.05, 3.63) is 0 Å². The Morgan fingerprint density at radius 2 is 2.00 bits per heavy atom. The van der Waals surface area contributed by atoms with Crippen LogP contribution in [-0.4, -0.2) is 34.5 Å². The summed E-state index contributed by atoms with van der Waals surface area (Å²) in [5.74, 6) is -0.244. The Balaban J connectivity index is 2.84. The lowest BCUT2D eigenvalue weighted by atomic mass is 9.72. The summed E-state index contributed by atoms with van der Waals surface area (Å²) < 4.78 is 5.10. The fraction of sp³-hybridized carbons (Fsp3) is 0.933. The first-order valence-electron chi connectivity index (χ1n) is 7.24. The number of ether oxygens (including phenoxy) is 1. The molecule has 0 amide bonds. The van der Waals surface area contributed by atoms with E-state index in [9.17, 15) is 15.0 Å². The molecular weight excluding hydrogens is 244 g/mol. The SMILES string of the molecule is CCOC(=O)[C@@]1(C)CC[C@H](CC(O)C(C)C)[C@@]1(C)O. The molecule has 2 N–H and O–H groups in total. The highest BCUT2D eigenvalue weighted by Gasteiger charge is 2.59. The van der Waals surface area contributed by atoms with E-state index in [1.165, 1.54) is 0 Å². The molecule has 1 fully saturated rings. The van der Waals surface area contributed by atoms with E-state index in [0.29, 0.717) is 19.4 Å². The highest BCUT2D eigenvalue weighted by Crippen LogP contribution is 2.52. The first-order chi connectivity index (χ1) is 8.66. The number of carbonyl (C=O) groups is 1. The van der Waals surface area contributed by atoms with Gasteiger partial charge in [-0.3, -0.25) is 4.79 Å². The van der Waals surface area contributed by atoms with Crippen LogP contribution < -0.4 is 0 Å². The summed E-state index contributed by atoms with van der Waals surface area (Å²) in [6.45, 7) is 9.48. The van der Waals surface area contributed by atoms with E-state index in [1.54, 1.807) is 20.8 Å². The van der Waals surface area contributed by atoms with Crippen LogP contribution in [0.2, 0.25) is 0 Å². The Kier molecular flexibility index (Phi) is 5.02. The molecule has 4 nitrogen and oxygen atoms in total. The summed E-state index contributed by atoms with van der Waals surface area (Å²) in [5.41, 5.74) is -2.00. The number of esters is 1. The van der Waals surface area contributed by atoms with Crippen LogP contribution in [0, 0.1) is 17.3 Å². The average molecular weight is 272 g/mol. The van der Waals surface area contributed by atoms with Gasteiger partial charge in [0.05, 0.1) is 23.7 Å². The summed E-state index contributed by atoms with van der Waals surface area (Å²) in [7, 11) is 0. The lowest BCUT2D eigenvalue weighted by Gasteiger charge is -2.38. The number of hydrogen-bond acceptors (Lipinski definition) is 4. The molecule has 0 aromatic heterocycles. The number of hydrogen-bond donors (Lipinski definition) is 2. The van der Waals surface area contributed by atoms with Crippen LogP contribution in [-0.2, 0) is 9.53 Å². The summed E-state index contributed by atoms with van der Waals surface area (Å²) in [6, 6.07) is 0. The maximum absolute atomic E-state index is 12.1. The Hall–Kier alpha value is -0.610. The molecule has 0 aliphatic heterocycles. The van der Waals surface area contributed by atoms with Crippen LogP contribution in [0.4, 0.5) is 0 Å². The predicted molar refractivity (Wildman–Crippen MR) is 73.5 cm³/mol. The molecule has 1 unspecified atom stereocenters. The van der Waals surface area contributed by atoms with Crippen LogP contribution >= 0.6 is 0 Å². The van der Waals surface area contributed by atoms with Gasteiger partial charge in [0.15, 0.2) is 0 Å². The lowest BCUT2D eigenvalue weighted by Crippen LogP contribution is -2.50. The molecule has 1 saturated carbocycles. The number of aliphatic hydroxyl groups is 2. The van der Waals surface area contributed by atoms with Gasteiger partial charge < -0.3 is 14.9 Å². The van der Waals surface area contributed by atoms with E-state index >= 15 is 0 Å². The Labute approximate surface area is 116 Å². The van der Waals surface area contributed by atoms with Crippen molar-refractivity contribution in [1.29, 1.82) is 0 Å². The zero-order chi connectivity index (χ0) is 14.8. The second-order valence-corrected chi connectivity index (χ2v) is 6.48. The van der Waals surface area contributed by atoms with Crippen molar-refractivity contribution in [2.24, 2.45) is 17.3 Å². The first kappa shape index (κ1) is 16.4. The minimum Gasteiger partial charge on any atom is -0.465 e. The molecule has 4 heteroatoms. The van der Waals surface area contributed by atoms with Crippen molar-refractivity contribution in [2.75, 3.05) is 6.61 Å². The Bertz CT molecular complexity index is 324. The second-order valence-electron chi connectivity index (χ2n) is 6.48. The van der Waals surface area contributed by atoms with Crippen LogP contribution in [0.1, 0.15) is 53.9 Å². The Morgan fingerprint density at radius 1 is 1.42 bits per heavy atom. The highest BCUT2D eigenvalue weighted by atomic mass is 16.5. The fourth-order valence-electron chi connectivity index (χ4n) is 2.96. The predicted octanol–water partition coefficient (Wildman–Crippen LogP) is 2.12. The lowest BCUT2D eigenvalue weighted by molar-refractivity contribution is -0.171. The first-order valence-corrected chi connectivity index (χ1v) is 7.24. The van der Waals surface area contributed by atoms with E-state index in [1.807, 2.05) is 13.8 Å². The molecule has 1 aliphatic rings. The molecule has 4 atom stereocenters. The fourth-order valence-corrected chi connectivity index (χ4v) is 2.96. The smallest absolute Gasteiger partial charge is 0.314 e. The standard InChI is InChI=1S/C15H28O4/c1-6-19-13(17)14(4)8-7-11(15(14,5)18)9-12(16)10(2)3/h10-12,16,18H,6-9H2,1-5H3/t11-,12?,14-,15-/m1/s1. The molecule has 1 rings (SSSR count). The summed E-state index contributed by atoms with van der Waals surface area (Å²) in [6.07, 6.45) is 1.43. The molecule has 0 radical (unpaired) electrons. The number of carbonyl (C=O) groups excluding carboxylic acids is 1. The zero-order valence-electron chi connectivity index (χ0n) is 12.8. The van der Waals surface area contributed by atoms with Crippen LogP contribution in [0.15, 0.2) is 0 Å². The van der Waals surface area contributed by atoms with E-state index in [-0.39, 0.29) is 17.8 Å². The largest absolute Gasteiger partial charge is 0.465 e. The molecule has 0 aromatic carbocycles. The monoisotopic (exact) mass is 272 g/mol. The van der Waals surface area contributed by atoms with Gasteiger partial charge >= 0.3 is 5.97 Å².